The van der Waals surface area contributed by atoms with E-state index >= 15 is 0 Å². The quantitative estimate of drug-likeness (QED) is 0.779. The van der Waals surface area contributed by atoms with Crippen molar-refractivity contribution in [1.29, 1.82) is 0 Å². The number of nitrogens with zero attached hydrogens (tertiary/aromatic N) is 2. The summed E-state index contributed by atoms with van der Waals surface area (Å²) in [5.74, 6) is 1.88. The lowest BCUT2D eigenvalue weighted by molar-refractivity contribution is 0.333. The molecule has 0 unspecified atom stereocenters. The molecule has 0 aliphatic heterocycles. The summed E-state index contributed by atoms with van der Waals surface area (Å²) in [6.07, 6.45) is 5.40. The molecule has 0 saturated heterocycles. The van der Waals surface area contributed by atoms with Gasteiger partial charge < -0.3 is 15.8 Å². The van der Waals surface area contributed by atoms with Gasteiger partial charge in [0.25, 0.3) is 0 Å². The third kappa shape index (κ3) is 2.11. The van der Waals surface area contributed by atoms with E-state index in [2.05, 4.69) is 15.3 Å². The van der Waals surface area contributed by atoms with Crippen LogP contribution >= 0.6 is 0 Å². The lowest BCUT2D eigenvalue weighted by Crippen LogP contribution is -2.21. The molecule has 1 fully saturated rings. The molecule has 0 spiro atoms. The molecule has 1 heterocycles. The Morgan fingerprint density at radius 1 is 1.53 bits per heavy atom. The van der Waals surface area contributed by atoms with E-state index in [9.17, 15) is 0 Å². The minimum absolute atomic E-state index is 0.432. The predicted molar refractivity (Wildman–Crippen MR) is 58.8 cm³/mol. The van der Waals surface area contributed by atoms with E-state index in [1.54, 1.807) is 7.11 Å². The first kappa shape index (κ1) is 10.0. The van der Waals surface area contributed by atoms with Crippen molar-refractivity contribution < 1.29 is 4.74 Å². The minimum atomic E-state index is 0.432. The highest BCUT2D eigenvalue weighted by Crippen LogP contribution is 2.28. The molecule has 2 rings (SSSR count). The molecule has 0 bridgehead atoms. The van der Waals surface area contributed by atoms with Crippen molar-refractivity contribution in [3.8, 4) is 5.88 Å². The second-order valence-corrected chi connectivity index (χ2v) is 3.82. The molecule has 1 saturated carbocycles. The molecule has 0 aromatic carbocycles. The van der Waals surface area contributed by atoms with E-state index in [-0.39, 0.29) is 0 Å². The molecule has 0 radical (unpaired) electrons. The normalized spacial score (nSPS) is 15.8. The maximum Gasteiger partial charge on any atom is 0.242 e. The zero-order chi connectivity index (χ0) is 10.7. The maximum absolute atomic E-state index is 5.83. The lowest BCUT2D eigenvalue weighted by Gasteiger charge is -2.25. The van der Waals surface area contributed by atoms with Gasteiger partial charge in [-0.3, -0.25) is 0 Å². The number of hydrogen-bond acceptors (Lipinski definition) is 5. The van der Waals surface area contributed by atoms with Crippen molar-refractivity contribution in [1.82, 2.24) is 9.97 Å². The van der Waals surface area contributed by atoms with Crippen LogP contribution in [0.5, 0.6) is 5.88 Å². The molecule has 82 valence electrons. The van der Waals surface area contributed by atoms with E-state index in [1.807, 2.05) is 0 Å². The van der Waals surface area contributed by atoms with Crippen LogP contribution in [0.2, 0.25) is 0 Å². The smallest absolute Gasteiger partial charge is 0.242 e. The van der Waals surface area contributed by atoms with Gasteiger partial charge in [-0.2, -0.15) is 4.98 Å². The van der Waals surface area contributed by atoms with E-state index in [0.29, 0.717) is 17.4 Å². The summed E-state index contributed by atoms with van der Waals surface area (Å²) in [6.45, 7) is 0.935. The zero-order valence-electron chi connectivity index (χ0n) is 8.86. The number of nitrogens with one attached hydrogen (secondary N) is 1. The van der Waals surface area contributed by atoms with Gasteiger partial charge in [-0.25, -0.2) is 4.98 Å². The molecule has 0 atom stereocenters. The van der Waals surface area contributed by atoms with Crippen LogP contribution in [-0.2, 0) is 0 Å². The summed E-state index contributed by atoms with van der Waals surface area (Å²) in [4.78, 5) is 8.01. The number of ether oxygens (including phenoxy) is 1. The molecule has 1 aliphatic carbocycles. The number of nitrogens with two attached hydrogens (primary N) is 1. The summed E-state index contributed by atoms with van der Waals surface area (Å²) in [7, 11) is 1.55. The number of aromatic nitrogens is 2. The van der Waals surface area contributed by atoms with Crippen LogP contribution < -0.4 is 15.8 Å². The molecular weight excluding hydrogens is 192 g/mol. The fourth-order valence-electron chi connectivity index (χ4n) is 1.62. The van der Waals surface area contributed by atoms with Gasteiger partial charge in [0.05, 0.1) is 7.11 Å². The Morgan fingerprint density at radius 3 is 2.93 bits per heavy atom. The summed E-state index contributed by atoms with van der Waals surface area (Å²) in [5.41, 5.74) is 6.31. The van der Waals surface area contributed by atoms with Crippen molar-refractivity contribution >= 4 is 11.5 Å². The number of methoxy groups -OCH3 is 1. The molecular formula is C10H16N4O. The average Bonchev–Trinajstić information content (AvgIpc) is 2.18. The van der Waals surface area contributed by atoms with Crippen LogP contribution in [-0.4, -0.2) is 23.6 Å². The van der Waals surface area contributed by atoms with Crippen LogP contribution in [0.3, 0.4) is 0 Å². The Bertz CT molecular complexity index is 338. The summed E-state index contributed by atoms with van der Waals surface area (Å²) in [6, 6.07) is 0. The fourth-order valence-corrected chi connectivity index (χ4v) is 1.62. The summed E-state index contributed by atoms with van der Waals surface area (Å²) >= 11 is 0. The SMILES string of the molecule is COc1ncnc(NCC2CCC2)c1N. The standard InChI is InChI=1S/C10H16N4O/c1-15-10-8(11)9(13-6-14-10)12-5-7-3-2-4-7/h6-7H,2-5,11H2,1H3,(H,12,13,14). The van der Waals surface area contributed by atoms with Crippen molar-refractivity contribution in [2.75, 3.05) is 24.7 Å². The first-order valence-electron chi connectivity index (χ1n) is 5.19. The zero-order valence-corrected chi connectivity index (χ0v) is 8.86. The van der Waals surface area contributed by atoms with Gasteiger partial charge in [-0.1, -0.05) is 6.42 Å². The molecule has 5 nitrogen and oxygen atoms in total. The first-order chi connectivity index (χ1) is 7.31. The molecule has 5 heteroatoms. The lowest BCUT2D eigenvalue weighted by atomic mass is 9.85. The second-order valence-electron chi connectivity index (χ2n) is 3.82. The Kier molecular flexibility index (Phi) is 2.89. The van der Waals surface area contributed by atoms with Crippen LogP contribution in [0.25, 0.3) is 0 Å². The first-order valence-corrected chi connectivity index (χ1v) is 5.19. The van der Waals surface area contributed by atoms with Crippen LogP contribution in [0.15, 0.2) is 6.33 Å². The number of anilines is 2. The Labute approximate surface area is 89.1 Å². The van der Waals surface area contributed by atoms with Gasteiger partial charge in [-0.15, -0.1) is 0 Å². The van der Waals surface area contributed by atoms with Crippen LogP contribution in [0, 0.1) is 5.92 Å². The van der Waals surface area contributed by atoms with E-state index in [1.165, 1.54) is 25.6 Å². The predicted octanol–water partition coefficient (Wildman–Crippen LogP) is 1.28. The fraction of sp³-hybridized carbons (Fsp3) is 0.600. The monoisotopic (exact) mass is 208 g/mol. The van der Waals surface area contributed by atoms with Crippen LogP contribution in [0.4, 0.5) is 11.5 Å². The minimum Gasteiger partial charge on any atom is -0.479 e. The van der Waals surface area contributed by atoms with Crippen molar-refractivity contribution in [2.45, 2.75) is 19.3 Å². The van der Waals surface area contributed by atoms with Crippen molar-refractivity contribution in [3.63, 3.8) is 0 Å². The third-order valence-electron chi connectivity index (χ3n) is 2.82. The Hall–Kier alpha value is -1.52. The Balaban J connectivity index is 2.00. The number of hydrogen-bond donors (Lipinski definition) is 2. The van der Waals surface area contributed by atoms with Gasteiger partial charge in [-0.05, 0) is 18.8 Å². The summed E-state index contributed by atoms with van der Waals surface area (Å²) < 4.78 is 5.02. The summed E-state index contributed by atoms with van der Waals surface area (Å²) in [5, 5.41) is 3.23. The topological polar surface area (TPSA) is 73.1 Å². The highest BCUT2D eigenvalue weighted by Gasteiger charge is 2.17. The van der Waals surface area contributed by atoms with E-state index in [0.717, 1.165) is 12.5 Å². The van der Waals surface area contributed by atoms with Crippen molar-refractivity contribution in [2.24, 2.45) is 5.92 Å². The second kappa shape index (κ2) is 4.33. The van der Waals surface area contributed by atoms with Gasteiger partial charge in [0, 0.05) is 6.54 Å². The molecule has 15 heavy (non-hydrogen) atoms. The largest absolute Gasteiger partial charge is 0.479 e. The molecule has 0 amide bonds. The molecule has 1 aromatic rings. The third-order valence-corrected chi connectivity index (χ3v) is 2.82. The highest BCUT2D eigenvalue weighted by atomic mass is 16.5. The average molecular weight is 208 g/mol. The van der Waals surface area contributed by atoms with Crippen LogP contribution in [0.1, 0.15) is 19.3 Å². The molecule has 3 N–H and O–H groups in total. The van der Waals surface area contributed by atoms with Gasteiger partial charge in [0.2, 0.25) is 5.88 Å². The van der Waals surface area contributed by atoms with Crippen molar-refractivity contribution in [3.05, 3.63) is 6.33 Å². The van der Waals surface area contributed by atoms with E-state index < -0.39 is 0 Å². The van der Waals surface area contributed by atoms with Gasteiger partial charge in [0.15, 0.2) is 5.82 Å². The molecule has 1 aromatic heterocycles. The maximum atomic E-state index is 5.83. The molecule has 1 aliphatic rings. The Morgan fingerprint density at radius 2 is 2.33 bits per heavy atom. The van der Waals surface area contributed by atoms with E-state index in [4.69, 9.17) is 10.5 Å². The highest BCUT2D eigenvalue weighted by molar-refractivity contribution is 5.66. The van der Waals surface area contributed by atoms with Gasteiger partial charge >= 0.3 is 0 Å². The number of nitrogen functional groups attached to an aromatic ring is 1. The number of rotatable bonds is 4. The van der Waals surface area contributed by atoms with Gasteiger partial charge in [0.1, 0.15) is 12.0 Å².